The first-order chi connectivity index (χ1) is 9.61. The number of amides is 1. The molecule has 0 spiro atoms. The molecule has 2 aliphatic heterocycles. The van der Waals surface area contributed by atoms with Crippen LogP contribution in [0.25, 0.3) is 0 Å². The van der Waals surface area contributed by atoms with Gasteiger partial charge >= 0.3 is 0 Å². The van der Waals surface area contributed by atoms with E-state index in [0.29, 0.717) is 24.0 Å². The molecule has 2 unspecified atom stereocenters. The molecule has 1 aromatic rings. The van der Waals surface area contributed by atoms with Crippen molar-refractivity contribution in [1.29, 1.82) is 0 Å². The molecule has 2 atom stereocenters. The third-order valence-electron chi connectivity index (χ3n) is 4.65. The van der Waals surface area contributed by atoms with Gasteiger partial charge in [0.1, 0.15) is 0 Å². The molecule has 2 aliphatic rings. The molecular formula is C17H24N2O. The lowest BCUT2D eigenvalue weighted by Crippen LogP contribution is -2.48. The van der Waals surface area contributed by atoms with Crippen molar-refractivity contribution in [2.24, 2.45) is 0 Å². The van der Waals surface area contributed by atoms with Crippen LogP contribution in [0.5, 0.6) is 0 Å². The second-order valence-electron chi connectivity index (χ2n) is 6.56. The summed E-state index contributed by atoms with van der Waals surface area (Å²) in [6, 6.07) is 9.58. The van der Waals surface area contributed by atoms with Gasteiger partial charge in [-0.3, -0.25) is 4.79 Å². The summed E-state index contributed by atoms with van der Waals surface area (Å²) in [7, 11) is 0. The molecular weight excluding hydrogens is 248 g/mol. The minimum atomic E-state index is 0.0756. The standard InChI is InChI=1S/C17H24N2O/c1-11(2)12-3-5-13(6-4-12)17(20)19-16-9-14-7-8-15(10-16)18-14/h3-6,11,14-16,18H,7-10H2,1-2H3,(H,19,20). The lowest BCUT2D eigenvalue weighted by atomic mass is 9.98. The fraction of sp³-hybridized carbons (Fsp3) is 0.588. The molecule has 2 bridgehead atoms. The van der Waals surface area contributed by atoms with Crippen molar-refractivity contribution in [2.75, 3.05) is 0 Å². The Bertz CT molecular complexity index is 468. The van der Waals surface area contributed by atoms with Crippen LogP contribution in [0.4, 0.5) is 0 Å². The largest absolute Gasteiger partial charge is 0.349 e. The van der Waals surface area contributed by atoms with Crippen molar-refractivity contribution in [3.05, 3.63) is 35.4 Å². The van der Waals surface area contributed by atoms with E-state index in [1.165, 1.54) is 18.4 Å². The van der Waals surface area contributed by atoms with E-state index in [0.717, 1.165) is 18.4 Å². The van der Waals surface area contributed by atoms with Crippen LogP contribution < -0.4 is 10.6 Å². The molecule has 3 nitrogen and oxygen atoms in total. The molecule has 0 aromatic heterocycles. The molecule has 2 fully saturated rings. The SMILES string of the molecule is CC(C)c1ccc(C(=O)NC2CC3CCC(C2)N3)cc1. The Hall–Kier alpha value is -1.35. The molecule has 0 aliphatic carbocycles. The van der Waals surface area contributed by atoms with Crippen LogP contribution in [0.15, 0.2) is 24.3 Å². The summed E-state index contributed by atoms with van der Waals surface area (Å²) in [4.78, 5) is 12.3. The van der Waals surface area contributed by atoms with E-state index < -0.39 is 0 Å². The van der Waals surface area contributed by atoms with E-state index in [9.17, 15) is 4.79 Å². The van der Waals surface area contributed by atoms with Crippen LogP contribution in [0, 0.1) is 0 Å². The molecule has 2 saturated heterocycles. The topological polar surface area (TPSA) is 41.1 Å². The van der Waals surface area contributed by atoms with Crippen LogP contribution >= 0.6 is 0 Å². The van der Waals surface area contributed by atoms with E-state index >= 15 is 0 Å². The predicted molar refractivity (Wildman–Crippen MR) is 81.0 cm³/mol. The zero-order valence-corrected chi connectivity index (χ0v) is 12.4. The van der Waals surface area contributed by atoms with Gasteiger partial charge in [-0.05, 0) is 49.3 Å². The van der Waals surface area contributed by atoms with E-state index in [2.05, 4.69) is 36.6 Å². The Morgan fingerprint density at radius 1 is 1.15 bits per heavy atom. The number of benzene rings is 1. The van der Waals surface area contributed by atoms with Gasteiger partial charge in [-0.2, -0.15) is 0 Å². The van der Waals surface area contributed by atoms with Crippen LogP contribution in [-0.2, 0) is 0 Å². The minimum absolute atomic E-state index is 0.0756. The molecule has 1 amide bonds. The van der Waals surface area contributed by atoms with Gasteiger partial charge in [-0.25, -0.2) is 0 Å². The molecule has 108 valence electrons. The second kappa shape index (κ2) is 5.57. The smallest absolute Gasteiger partial charge is 0.251 e. The van der Waals surface area contributed by atoms with Gasteiger partial charge < -0.3 is 10.6 Å². The van der Waals surface area contributed by atoms with Gasteiger partial charge in [-0.1, -0.05) is 26.0 Å². The van der Waals surface area contributed by atoms with Crippen molar-refractivity contribution < 1.29 is 4.79 Å². The van der Waals surface area contributed by atoms with Gasteiger partial charge in [0.25, 0.3) is 5.91 Å². The second-order valence-corrected chi connectivity index (χ2v) is 6.56. The number of hydrogen-bond donors (Lipinski definition) is 2. The van der Waals surface area contributed by atoms with Crippen molar-refractivity contribution >= 4 is 5.91 Å². The average molecular weight is 272 g/mol. The Morgan fingerprint density at radius 3 is 2.30 bits per heavy atom. The average Bonchev–Trinajstić information content (AvgIpc) is 2.78. The molecule has 3 rings (SSSR count). The first kappa shape index (κ1) is 13.6. The zero-order chi connectivity index (χ0) is 14.1. The molecule has 2 N–H and O–H groups in total. The maximum atomic E-state index is 12.3. The maximum absolute atomic E-state index is 12.3. The summed E-state index contributed by atoms with van der Waals surface area (Å²) in [5, 5.41) is 6.81. The van der Waals surface area contributed by atoms with Gasteiger partial charge in [0, 0.05) is 23.7 Å². The number of nitrogens with one attached hydrogen (secondary N) is 2. The predicted octanol–water partition coefficient (Wildman–Crippen LogP) is 2.82. The molecule has 0 radical (unpaired) electrons. The number of fused-ring (bicyclic) bond motifs is 2. The number of carbonyl (C=O) groups is 1. The first-order valence-corrected chi connectivity index (χ1v) is 7.78. The van der Waals surface area contributed by atoms with Crippen LogP contribution in [-0.4, -0.2) is 24.0 Å². The van der Waals surface area contributed by atoms with E-state index in [1.807, 2.05) is 12.1 Å². The quantitative estimate of drug-likeness (QED) is 0.888. The summed E-state index contributed by atoms with van der Waals surface area (Å²) in [6.07, 6.45) is 4.68. The fourth-order valence-electron chi connectivity index (χ4n) is 3.46. The fourth-order valence-corrected chi connectivity index (χ4v) is 3.46. The highest BCUT2D eigenvalue weighted by Gasteiger charge is 2.34. The normalized spacial score (nSPS) is 28.6. The highest BCUT2D eigenvalue weighted by molar-refractivity contribution is 5.94. The molecule has 2 heterocycles. The van der Waals surface area contributed by atoms with E-state index in [-0.39, 0.29) is 5.91 Å². The van der Waals surface area contributed by atoms with E-state index in [1.54, 1.807) is 0 Å². The summed E-state index contributed by atoms with van der Waals surface area (Å²) in [5.41, 5.74) is 2.06. The van der Waals surface area contributed by atoms with Gasteiger partial charge in [0.2, 0.25) is 0 Å². The number of carbonyl (C=O) groups excluding carboxylic acids is 1. The Balaban J connectivity index is 1.61. The van der Waals surface area contributed by atoms with E-state index in [4.69, 9.17) is 0 Å². The number of hydrogen-bond acceptors (Lipinski definition) is 2. The monoisotopic (exact) mass is 272 g/mol. The van der Waals surface area contributed by atoms with Gasteiger partial charge in [-0.15, -0.1) is 0 Å². The lowest BCUT2D eigenvalue weighted by Gasteiger charge is -2.29. The van der Waals surface area contributed by atoms with Crippen LogP contribution in [0.1, 0.15) is 61.4 Å². The summed E-state index contributed by atoms with van der Waals surface area (Å²) in [5.74, 6) is 0.582. The zero-order valence-electron chi connectivity index (χ0n) is 12.4. The molecule has 1 aromatic carbocycles. The Labute approximate surface area is 121 Å². The summed E-state index contributed by atoms with van der Waals surface area (Å²) >= 11 is 0. The van der Waals surface area contributed by atoms with Crippen LogP contribution in [0.2, 0.25) is 0 Å². The van der Waals surface area contributed by atoms with Crippen molar-refractivity contribution in [2.45, 2.75) is 63.6 Å². The number of rotatable bonds is 3. The van der Waals surface area contributed by atoms with Gasteiger partial charge in [0.15, 0.2) is 0 Å². The molecule has 20 heavy (non-hydrogen) atoms. The molecule has 0 saturated carbocycles. The van der Waals surface area contributed by atoms with Gasteiger partial charge in [0.05, 0.1) is 0 Å². The number of piperidine rings is 1. The maximum Gasteiger partial charge on any atom is 0.251 e. The highest BCUT2D eigenvalue weighted by Crippen LogP contribution is 2.27. The summed E-state index contributed by atoms with van der Waals surface area (Å²) < 4.78 is 0. The van der Waals surface area contributed by atoms with Crippen molar-refractivity contribution in [3.63, 3.8) is 0 Å². The van der Waals surface area contributed by atoms with Crippen LogP contribution in [0.3, 0.4) is 0 Å². The molecule has 3 heteroatoms. The highest BCUT2D eigenvalue weighted by atomic mass is 16.1. The Morgan fingerprint density at radius 2 is 1.75 bits per heavy atom. The lowest BCUT2D eigenvalue weighted by molar-refractivity contribution is 0.0924. The van der Waals surface area contributed by atoms with Crippen molar-refractivity contribution in [3.8, 4) is 0 Å². The third-order valence-corrected chi connectivity index (χ3v) is 4.65. The first-order valence-electron chi connectivity index (χ1n) is 7.78. The minimum Gasteiger partial charge on any atom is -0.349 e. The Kier molecular flexibility index (Phi) is 3.79. The summed E-state index contributed by atoms with van der Waals surface area (Å²) in [6.45, 7) is 4.33. The third kappa shape index (κ3) is 2.88. The van der Waals surface area contributed by atoms with Crippen molar-refractivity contribution in [1.82, 2.24) is 10.6 Å².